The summed E-state index contributed by atoms with van der Waals surface area (Å²) in [5.41, 5.74) is 3.74. The fourth-order valence-corrected chi connectivity index (χ4v) is 5.56. The topological polar surface area (TPSA) is 66.5 Å². The first-order valence-corrected chi connectivity index (χ1v) is 13.5. The van der Waals surface area contributed by atoms with E-state index >= 15 is 0 Å². The minimum Gasteiger partial charge on any atom is -0.354 e. The monoisotopic (exact) mass is 482 g/mol. The molecule has 7 heteroatoms. The Kier molecular flexibility index (Phi) is 8.97. The van der Waals surface area contributed by atoms with Crippen LogP contribution in [0.1, 0.15) is 23.1 Å². The van der Waals surface area contributed by atoms with Crippen molar-refractivity contribution >= 4 is 33.4 Å². The van der Waals surface area contributed by atoms with Crippen LogP contribution in [0.4, 0.5) is 5.69 Å². The highest BCUT2D eigenvalue weighted by Gasteiger charge is 2.27. The smallest absolute Gasteiger partial charge is 0.264 e. The lowest BCUT2D eigenvalue weighted by atomic mass is 10.2. The highest BCUT2D eigenvalue weighted by atomic mass is 32.2. The van der Waals surface area contributed by atoms with Gasteiger partial charge in [-0.25, -0.2) is 8.42 Å². The molecule has 1 amide bonds. The predicted octanol–water partition coefficient (Wildman–Crippen LogP) is 4.94. The zero-order valence-corrected chi connectivity index (χ0v) is 20.7. The summed E-state index contributed by atoms with van der Waals surface area (Å²) in [6, 6.07) is 24.1. The minimum absolute atomic E-state index is 0.166. The van der Waals surface area contributed by atoms with Crippen LogP contribution < -0.4 is 9.62 Å². The lowest BCUT2D eigenvalue weighted by molar-refractivity contribution is -0.119. The largest absolute Gasteiger partial charge is 0.354 e. The van der Waals surface area contributed by atoms with Crippen molar-refractivity contribution in [3.8, 4) is 0 Å². The second-order valence-corrected chi connectivity index (χ2v) is 10.9. The third kappa shape index (κ3) is 7.37. The Balaban J connectivity index is 1.59. The minimum atomic E-state index is -3.88. The molecule has 0 bridgehead atoms. The van der Waals surface area contributed by atoms with Gasteiger partial charge in [0.05, 0.1) is 10.6 Å². The molecular weight excluding hydrogens is 452 g/mol. The number of benzene rings is 3. The van der Waals surface area contributed by atoms with Crippen molar-refractivity contribution in [3.05, 3.63) is 95.6 Å². The first kappa shape index (κ1) is 24.9. The highest BCUT2D eigenvalue weighted by molar-refractivity contribution is 7.98. The second-order valence-electron chi connectivity index (χ2n) is 7.90. The number of carbonyl (C=O) groups excluding carboxylic acids is 1. The van der Waals surface area contributed by atoms with E-state index in [1.165, 1.54) is 9.87 Å². The molecule has 0 saturated heterocycles. The van der Waals surface area contributed by atoms with Crippen molar-refractivity contribution in [2.45, 2.75) is 30.9 Å². The molecule has 0 saturated carbocycles. The molecule has 0 aliphatic carbocycles. The van der Waals surface area contributed by atoms with E-state index in [1.807, 2.05) is 55.9 Å². The quantitative estimate of drug-likeness (QED) is 0.393. The van der Waals surface area contributed by atoms with Gasteiger partial charge >= 0.3 is 0 Å². The molecule has 0 atom stereocenters. The molecule has 0 radical (unpaired) electrons. The van der Waals surface area contributed by atoms with Crippen molar-refractivity contribution in [1.82, 2.24) is 5.32 Å². The number of aryl methyl sites for hydroxylation is 2. The van der Waals surface area contributed by atoms with Gasteiger partial charge in [0.15, 0.2) is 0 Å². The van der Waals surface area contributed by atoms with E-state index in [2.05, 4.69) is 17.4 Å². The lowest BCUT2D eigenvalue weighted by Gasteiger charge is -2.24. The predicted molar refractivity (Wildman–Crippen MR) is 137 cm³/mol. The molecule has 3 aromatic rings. The van der Waals surface area contributed by atoms with E-state index in [0.29, 0.717) is 12.2 Å². The molecule has 1 N–H and O–H groups in total. The Morgan fingerprint density at radius 3 is 2.12 bits per heavy atom. The maximum absolute atomic E-state index is 13.4. The summed E-state index contributed by atoms with van der Waals surface area (Å²) >= 11 is 1.82. The van der Waals surface area contributed by atoms with Gasteiger partial charge in [0, 0.05) is 12.3 Å². The van der Waals surface area contributed by atoms with Gasteiger partial charge in [0.2, 0.25) is 5.91 Å². The van der Waals surface area contributed by atoms with E-state index in [9.17, 15) is 13.2 Å². The van der Waals surface area contributed by atoms with Crippen molar-refractivity contribution in [3.63, 3.8) is 0 Å². The number of carbonyl (C=O) groups is 1. The molecule has 0 aliphatic rings. The van der Waals surface area contributed by atoms with Crippen LogP contribution in [0.3, 0.4) is 0 Å². The van der Waals surface area contributed by atoms with Crippen LogP contribution in [0.25, 0.3) is 0 Å². The number of nitrogens with zero attached hydrogens (tertiary/aromatic N) is 1. The van der Waals surface area contributed by atoms with Gasteiger partial charge in [-0.2, -0.15) is 11.8 Å². The number of hydrogen-bond acceptors (Lipinski definition) is 4. The summed E-state index contributed by atoms with van der Waals surface area (Å²) in [7, 11) is -3.88. The number of sulfonamides is 1. The van der Waals surface area contributed by atoms with Crippen LogP contribution in [0.2, 0.25) is 0 Å². The van der Waals surface area contributed by atoms with E-state index in [4.69, 9.17) is 0 Å². The third-order valence-electron chi connectivity index (χ3n) is 5.12. The molecule has 0 aliphatic heterocycles. The summed E-state index contributed by atoms with van der Waals surface area (Å²) in [5, 5.41) is 2.87. The molecule has 0 spiro atoms. The Bertz CT molecular complexity index is 1130. The van der Waals surface area contributed by atoms with Crippen molar-refractivity contribution < 1.29 is 13.2 Å². The lowest BCUT2D eigenvalue weighted by Crippen LogP contribution is -2.41. The van der Waals surface area contributed by atoms with Crippen LogP contribution >= 0.6 is 11.8 Å². The van der Waals surface area contributed by atoms with Crippen LogP contribution in [0, 0.1) is 13.8 Å². The zero-order valence-electron chi connectivity index (χ0n) is 19.0. The molecule has 0 heterocycles. The molecule has 33 heavy (non-hydrogen) atoms. The second kappa shape index (κ2) is 11.9. The summed E-state index contributed by atoms with van der Waals surface area (Å²) in [6.07, 6.45) is 0.818. The van der Waals surface area contributed by atoms with Gasteiger partial charge in [-0.3, -0.25) is 9.10 Å². The summed E-state index contributed by atoms with van der Waals surface area (Å²) in [6.45, 7) is 4.08. The number of hydrogen-bond donors (Lipinski definition) is 1. The molecule has 3 rings (SSSR count). The van der Waals surface area contributed by atoms with E-state index in [1.54, 1.807) is 36.4 Å². The van der Waals surface area contributed by atoms with Crippen molar-refractivity contribution in [2.75, 3.05) is 23.1 Å². The number of amides is 1. The maximum atomic E-state index is 13.4. The van der Waals surface area contributed by atoms with Gasteiger partial charge in [-0.05, 0) is 55.9 Å². The Labute approximate surface area is 201 Å². The first-order chi connectivity index (χ1) is 15.9. The van der Waals surface area contributed by atoms with Gasteiger partial charge < -0.3 is 5.32 Å². The van der Waals surface area contributed by atoms with E-state index < -0.39 is 10.0 Å². The highest BCUT2D eigenvalue weighted by Crippen LogP contribution is 2.24. The first-order valence-electron chi connectivity index (χ1n) is 10.9. The third-order valence-corrected chi connectivity index (χ3v) is 8.02. The van der Waals surface area contributed by atoms with Gasteiger partial charge in [-0.15, -0.1) is 0 Å². The van der Waals surface area contributed by atoms with Crippen LogP contribution in [0.15, 0.2) is 83.8 Å². The van der Waals surface area contributed by atoms with Crippen LogP contribution in [-0.4, -0.2) is 33.2 Å². The Morgan fingerprint density at radius 1 is 0.879 bits per heavy atom. The van der Waals surface area contributed by atoms with Gasteiger partial charge in [0.25, 0.3) is 10.0 Å². The summed E-state index contributed by atoms with van der Waals surface area (Å²) in [5.74, 6) is 1.53. The number of rotatable bonds is 11. The summed E-state index contributed by atoms with van der Waals surface area (Å²) in [4.78, 5) is 12.8. The van der Waals surface area contributed by atoms with Crippen molar-refractivity contribution in [1.29, 1.82) is 0 Å². The molecule has 174 valence electrons. The van der Waals surface area contributed by atoms with E-state index in [-0.39, 0.29) is 17.3 Å². The van der Waals surface area contributed by atoms with Crippen LogP contribution in [0.5, 0.6) is 0 Å². The van der Waals surface area contributed by atoms with E-state index in [0.717, 1.165) is 29.1 Å². The number of nitrogens with one attached hydrogen (secondary N) is 1. The molecule has 0 fully saturated rings. The molecule has 3 aromatic carbocycles. The normalized spacial score (nSPS) is 11.2. The number of thioether (sulfide) groups is 1. The fourth-order valence-electron chi connectivity index (χ4n) is 3.22. The standard InChI is InChI=1S/C26H30N2O3S2/c1-21-9-13-24(14-10-21)28(33(30,31)25-15-11-22(2)12-16-25)19-26(29)27-17-6-18-32-20-23-7-4-3-5-8-23/h3-5,7-16H,6,17-20H2,1-2H3,(H,27,29). The van der Waals surface area contributed by atoms with Crippen LogP contribution in [-0.2, 0) is 20.6 Å². The Hall–Kier alpha value is -2.77. The maximum Gasteiger partial charge on any atom is 0.264 e. The molecule has 5 nitrogen and oxygen atoms in total. The molecule has 0 aromatic heterocycles. The molecular formula is C26H30N2O3S2. The van der Waals surface area contributed by atoms with Gasteiger partial charge in [-0.1, -0.05) is 65.7 Å². The average Bonchev–Trinajstić information content (AvgIpc) is 2.81. The summed E-state index contributed by atoms with van der Waals surface area (Å²) < 4.78 is 27.9. The zero-order chi connectivity index (χ0) is 23.7. The van der Waals surface area contributed by atoms with Crippen molar-refractivity contribution in [2.24, 2.45) is 0 Å². The molecule has 0 unspecified atom stereocenters. The Morgan fingerprint density at radius 2 is 1.48 bits per heavy atom. The van der Waals surface area contributed by atoms with Gasteiger partial charge in [0.1, 0.15) is 6.54 Å². The number of anilines is 1. The SMILES string of the molecule is Cc1ccc(N(CC(=O)NCCCSCc2ccccc2)S(=O)(=O)c2ccc(C)cc2)cc1. The average molecular weight is 483 g/mol. The fraction of sp³-hybridized carbons (Fsp3) is 0.269.